The van der Waals surface area contributed by atoms with Gasteiger partial charge in [-0.15, -0.1) is 0 Å². The van der Waals surface area contributed by atoms with Gasteiger partial charge in [0.15, 0.2) is 0 Å². The molecule has 2 atom stereocenters. The van der Waals surface area contributed by atoms with Gasteiger partial charge in [0.25, 0.3) is 0 Å². The van der Waals surface area contributed by atoms with Crippen LogP contribution < -0.4 is 0 Å². The van der Waals surface area contributed by atoms with Gasteiger partial charge in [-0.3, -0.25) is 9.80 Å². The third-order valence-corrected chi connectivity index (χ3v) is 4.81. The van der Waals surface area contributed by atoms with Crippen molar-refractivity contribution in [3.63, 3.8) is 0 Å². The van der Waals surface area contributed by atoms with Crippen molar-refractivity contribution in [2.75, 3.05) is 14.1 Å². The minimum Gasteiger partial charge on any atom is -0.297 e. The van der Waals surface area contributed by atoms with Crippen LogP contribution in [0.1, 0.15) is 67.2 Å². The molecule has 1 aliphatic carbocycles. The molecular weight excluding hydrogens is 220 g/mol. The van der Waals surface area contributed by atoms with Crippen LogP contribution in [0.3, 0.4) is 0 Å². The predicted molar refractivity (Wildman–Crippen MR) is 81.1 cm³/mol. The summed E-state index contributed by atoms with van der Waals surface area (Å²) < 4.78 is 0. The summed E-state index contributed by atoms with van der Waals surface area (Å²) in [6.45, 7) is 14.0. The van der Waals surface area contributed by atoms with E-state index in [4.69, 9.17) is 0 Å². The molecule has 0 unspecified atom stereocenters. The molecule has 1 saturated carbocycles. The Kier molecular flexibility index (Phi) is 4.88. The number of hydrogen-bond donors (Lipinski definition) is 0. The summed E-state index contributed by atoms with van der Waals surface area (Å²) in [7, 11) is 4.61. The SMILES string of the molecule is CN([C@@H]1CCCC[C@@H]1N(C)C(C)(C)C)C(C)(C)C. The Hall–Kier alpha value is -0.0800. The van der Waals surface area contributed by atoms with E-state index in [0.717, 1.165) is 0 Å². The van der Waals surface area contributed by atoms with Crippen LogP contribution in [0, 0.1) is 0 Å². The van der Waals surface area contributed by atoms with Gasteiger partial charge in [0.05, 0.1) is 0 Å². The van der Waals surface area contributed by atoms with Gasteiger partial charge in [-0.2, -0.15) is 0 Å². The van der Waals surface area contributed by atoms with Crippen molar-refractivity contribution in [1.29, 1.82) is 0 Å². The van der Waals surface area contributed by atoms with Crippen LogP contribution in [0.4, 0.5) is 0 Å². The molecule has 0 heterocycles. The molecule has 0 amide bonds. The monoisotopic (exact) mass is 254 g/mol. The zero-order chi connectivity index (χ0) is 14.1. The third-order valence-electron chi connectivity index (χ3n) is 4.81. The fourth-order valence-corrected chi connectivity index (χ4v) is 2.99. The Bertz CT molecular complexity index is 231. The molecule has 0 bridgehead atoms. The van der Waals surface area contributed by atoms with E-state index in [1.54, 1.807) is 0 Å². The van der Waals surface area contributed by atoms with Gasteiger partial charge in [0, 0.05) is 23.2 Å². The van der Waals surface area contributed by atoms with E-state index in [0.29, 0.717) is 12.1 Å². The molecule has 1 rings (SSSR count). The van der Waals surface area contributed by atoms with Crippen molar-refractivity contribution in [3.8, 4) is 0 Å². The molecule has 0 spiro atoms. The lowest BCUT2D eigenvalue weighted by Gasteiger charge is -2.50. The third kappa shape index (κ3) is 3.71. The number of nitrogens with zero attached hydrogens (tertiary/aromatic N) is 2. The Morgan fingerprint density at radius 3 is 1.17 bits per heavy atom. The Morgan fingerprint density at radius 1 is 0.667 bits per heavy atom. The zero-order valence-electron chi connectivity index (χ0n) is 13.9. The van der Waals surface area contributed by atoms with Crippen molar-refractivity contribution < 1.29 is 0 Å². The van der Waals surface area contributed by atoms with Gasteiger partial charge in [-0.05, 0) is 68.5 Å². The standard InChI is InChI=1S/C16H34N2/c1-15(2,3)17(7)13-11-9-10-12-14(13)18(8)16(4,5)6/h13-14H,9-12H2,1-8H3/t13-,14+. The van der Waals surface area contributed by atoms with E-state index >= 15 is 0 Å². The second-order valence-corrected chi connectivity index (χ2v) is 7.98. The predicted octanol–water partition coefficient (Wildman–Crippen LogP) is 3.76. The summed E-state index contributed by atoms with van der Waals surface area (Å²) in [6, 6.07) is 1.39. The van der Waals surface area contributed by atoms with Crippen molar-refractivity contribution >= 4 is 0 Å². The fraction of sp³-hybridized carbons (Fsp3) is 1.00. The largest absolute Gasteiger partial charge is 0.297 e. The first-order chi connectivity index (χ1) is 8.05. The second-order valence-electron chi connectivity index (χ2n) is 7.98. The number of rotatable bonds is 2. The summed E-state index contributed by atoms with van der Waals surface area (Å²) in [5.74, 6) is 0. The average Bonchev–Trinajstić information content (AvgIpc) is 2.24. The summed E-state index contributed by atoms with van der Waals surface area (Å²) in [5.41, 5.74) is 0.526. The molecule has 0 aromatic carbocycles. The van der Waals surface area contributed by atoms with Crippen molar-refractivity contribution in [2.45, 2.75) is 90.4 Å². The Balaban J connectivity index is 2.87. The maximum atomic E-state index is 2.60. The molecular formula is C16H34N2. The highest BCUT2D eigenvalue weighted by Gasteiger charge is 2.38. The van der Waals surface area contributed by atoms with Crippen LogP contribution in [0.5, 0.6) is 0 Å². The van der Waals surface area contributed by atoms with Crippen LogP contribution in [-0.4, -0.2) is 47.1 Å². The van der Waals surface area contributed by atoms with Crippen molar-refractivity contribution in [1.82, 2.24) is 9.80 Å². The molecule has 0 aromatic rings. The quantitative estimate of drug-likeness (QED) is 0.740. The van der Waals surface area contributed by atoms with Crippen molar-refractivity contribution in [2.24, 2.45) is 0 Å². The zero-order valence-corrected chi connectivity index (χ0v) is 13.9. The molecule has 18 heavy (non-hydrogen) atoms. The molecule has 2 heteroatoms. The molecule has 0 aromatic heterocycles. The smallest absolute Gasteiger partial charge is 0.0253 e. The van der Waals surface area contributed by atoms with E-state index in [1.165, 1.54) is 25.7 Å². The Morgan fingerprint density at radius 2 is 0.944 bits per heavy atom. The number of likely N-dealkylation sites (N-methyl/N-ethyl adjacent to an activating group) is 2. The lowest BCUT2D eigenvalue weighted by Crippen LogP contribution is -2.59. The van der Waals surface area contributed by atoms with E-state index < -0.39 is 0 Å². The first-order valence-corrected chi connectivity index (χ1v) is 7.51. The van der Waals surface area contributed by atoms with E-state index in [9.17, 15) is 0 Å². The summed E-state index contributed by atoms with van der Waals surface area (Å²) in [5, 5.41) is 0. The van der Waals surface area contributed by atoms with Crippen LogP contribution in [0.2, 0.25) is 0 Å². The summed E-state index contributed by atoms with van der Waals surface area (Å²) >= 11 is 0. The molecule has 0 radical (unpaired) electrons. The minimum absolute atomic E-state index is 0.263. The fourth-order valence-electron chi connectivity index (χ4n) is 2.99. The minimum atomic E-state index is 0.263. The highest BCUT2D eigenvalue weighted by molar-refractivity contribution is 4.94. The lowest BCUT2D eigenvalue weighted by molar-refractivity contribution is -0.00565. The number of hydrogen-bond acceptors (Lipinski definition) is 2. The molecule has 1 fully saturated rings. The van der Waals surface area contributed by atoms with E-state index in [-0.39, 0.29) is 11.1 Å². The Labute approximate surface area is 115 Å². The molecule has 0 aliphatic heterocycles. The molecule has 0 saturated heterocycles. The van der Waals surface area contributed by atoms with Gasteiger partial charge in [0.2, 0.25) is 0 Å². The topological polar surface area (TPSA) is 6.48 Å². The van der Waals surface area contributed by atoms with Crippen LogP contribution in [-0.2, 0) is 0 Å². The first-order valence-electron chi connectivity index (χ1n) is 7.51. The van der Waals surface area contributed by atoms with Crippen molar-refractivity contribution in [3.05, 3.63) is 0 Å². The molecule has 0 N–H and O–H groups in total. The lowest BCUT2D eigenvalue weighted by atomic mass is 9.84. The maximum absolute atomic E-state index is 2.60. The molecule has 108 valence electrons. The molecule has 1 aliphatic rings. The van der Waals surface area contributed by atoms with E-state index in [2.05, 4.69) is 65.4 Å². The van der Waals surface area contributed by atoms with Gasteiger partial charge in [-0.25, -0.2) is 0 Å². The van der Waals surface area contributed by atoms with Crippen LogP contribution in [0.15, 0.2) is 0 Å². The van der Waals surface area contributed by atoms with E-state index in [1.807, 2.05) is 0 Å². The van der Waals surface area contributed by atoms with Crippen LogP contribution in [0.25, 0.3) is 0 Å². The summed E-state index contributed by atoms with van der Waals surface area (Å²) in [6.07, 6.45) is 5.47. The first kappa shape index (κ1) is 16.0. The van der Waals surface area contributed by atoms with Gasteiger partial charge >= 0.3 is 0 Å². The second kappa shape index (κ2) is 5.50. The van der Waals surface area contributed by atoms with Crippen LogP contribution >= 0.6 is 0 Å². The van der Waals surface area contributed by atoms with Gasteiger partial charge in [0.1, 0.15) is 0 Å². The highest BCUT2D eigenvalue weighted by Crippen LogP contribution is 2.32. The normalized spacial score (nSPS) is 27.0. The maximum Gasteiger partial charge on any atom is 0.0253 e. The molecule has 2 nitrogen and oxygen atoms in total. The average molecular weight is 254 g/mol. The van der Waals surface area contributed by atoms with Gasteiger partial charge in [-0.1, -0.05) is 12.8 Å². The summed E-state index contributed by atoms with van der Waals surface area (Å²) in [4.78, 5) is 5.19. The van der Waals surface area contributed by atoms with Gasteiger partial charge < -0.3 is 0 Å². The highest BCUT2D eigenvalue weighted by atomic mass is 15.3.